The van der Waals surface area contributed by atoms with Gasteiger partial charge in [0.1, 0.15) is 0 Å². The minimum Gasteiger partial charge on any atom is -0.308 e. The van der Waals surface area contributed by atoms with Gasteiger partial charge in [0.15, 0.2) is 17.5 Å². The molecule has 0 atom stereocenters. The van der Waals surface area contributed by atoms with Crippen LogP contribution in [0, 0.1) is 0 Å². The maximum atomic E-state index is 5.27. The predicted molar refractivity (Wildman–Crippen MR) is 251 cm³/mol. The quantitative estimate of drug-likeness (QED) is 0.161. The topological polar surface area (TPSA) is 74.3 Å². The predicted octanol–water partition coefficient (Wildman–Crippen LogP) is 13.2. The van der Waals surface area contributed by atoms with Crippen LogP contribution in [0.2, 0.25) is 0 Å². The highest BCUT2D eigenvalue weighted by atomic mass is 15.2. The monoisotopic (exact) mass is 793 g/mol. The molecule has 0 aliphatic carbocycles. The van der Waals surface area contributed by atoms with Crippen molar-refractivity contribution < 1.29 is 0 Å². The second-order valence-electron chi connectivity index (χ2n) is 15.3. The lowest BCUT2D eigenvalue weighted by Crippen LogP contribution is -2.06. The Morgan fingerprint density at radius 2 is 0.694 bits per heavy atom. The van der Waals surface area contributed by atoms with E-state index in [1.54, 1.807) is 0 Å². The molecule has 12 rings (SSSR count). The summed E-state index contributed by atoms with van der Waals surface area (Å²) in [6.07, 6.45) is 0. The Hall–Kier alpha value is -8.55. The van der Waals surface area contributed by atoms with Crippen molar-refractivity contribution in [3.8, 4) is 68.3 Å². The summed E-state index contributed by atoms with van der Waals surface area (Å²) in [7, 11) is 0. The molecule has 0 N–H and O–H groups in total. The van der Waals surface area contributed by atoms with E-state index in [1.165, 1.54) is 0 Å². The van der Waals surface area contributed by atoms with Crippen molar-refractivity contribution >= 4 is 43.6 Å². The summed E-state index contributed by atoms with van der Waals surface area (Å²) < 4.78 is 4.56. The van der Waals surface area contributed by atoms with Gasteiger partial charge in [-0.25, -0.2) is 15.0 Å². The van der Waals surface area contributed by atoms with Crippen molar-refractivity contribution in [2.24, 2.45) is 0 Å². The Morgan fingerprint density at radius 1 is 0.274 bits per heavy atom. The molecule has 4 aromatic heterocycles. The molecule has 0 aliphatic heterocycles. The number of para-hydroxylation sites is 3. The van der Waals surface area contributed by atoms with Gasteiger partial charge in [-0.1, -0.05) is 170 Å². The number of hydrogen-bond acceptors (Lipinski definition) is 5. The summed E-state index contributed by atoms with van der Waals surface area (Å²) in [6, 6.07) is 73.2. The van der Waals surface area contributed by atoms with E-state index in [9.17, 15) is 0 Å². The molecule has 7 heteroatoms. The maximum absolute atomic E-state index is 5.27. The highest BCUT2D eigenvalue weighted by Crippen LogP contribution is 2.41. The summed E-state index contributed by atoms with van der Waals surface area (Å²) in [5, 5.41) is 4.43. The zero-order chi connectivity index (χ0) is 41.0. The van der Waals surface area contributed by atoms with Gasteiger partial charge in [0.05, 0.1) is 39.1 Å². The summed E-state index contributed by atoms with van der Waals surface area (Å²) in [4.78, 5) is 25.9. The molecule has 0 bridgehead atoms. The Morgan fingerprint density at radius 3 is 1.23 bits per heavy atom. The van der Waals surface area contributed by atoms with Crippen molar-refractivity contribution in [2.45, 2.75) is 0 Å². The molecule has 62 heavy (non-hydrogen) atoms. The average molecular weight is 794 g/mol. The summed E-state index contributed by atoms with van der Waals surface area (Å²) in [6.45, 7) is 0. The summed E-state index contributed by atoms with van der Waals surface area (Å²) >= 11 is 0. The fraction of sp³-hybridized carbons (Fsp3) is 0. The van der Waals surface area contributed by atoms with E-state index in [0.29, 0.717) is 23.4 Å². The summed E-state index contributed by atoms with van der Waals surface area (Å²) in [5.74, 6) is 2.44. The highest BCUT2D eigenvalue weighted by Gasteiger charge is 2.23. The van der Waals surface area contributed by atoms with Gasteiger partial charge in [0.25, 0.3) is 0 Å². The third-order valence-corrected chi connectivity index (χ3v) is 11.6. The first-order chi connectivity index (χ1) is 30.7. The van der Waals surface area contributed by atoms with Crippen LogP contribution in [0.1, 0.15) is 0 Å². The Kier molecular flexibility index (Phi) is 8.35. The van der Waals surface area contributed by atoms with Crippen LogP contribution in [0.15, 0.2) is 212 Å². The molecule has 0 saturated heterocycles. The minimum atomic E-state index is 0.557. The van der Waals surface area contributed by atoms with Gasteiger partial charge >= 0.3 is 0 Å². The van der Waals surface area contributed by atoms with Crippen LogP contribution in [0.5, 0.6) is 0 Å². The zero-order valence-electron chi connectivity index (χ0n) is 33.3. The molecule has 4 heterocycles. The lowest BCUT2D eigenvalue weighted by Gasteiger charge is -2.15. The average Bonchev–Trinajstić information content (AvgIpc) is 3.86. The van der Waals surface area contributed by atoms with E-state index in [0.717, 1.165) is 88.5 Å². The van der Waals surface area contributed by atoms with Crippen LogP contribution in [-0.2, 0) is 0 Å². The molecule has 0 amide bonds. The first-order valence-electron chi connectivity index (χ1n) is 20.7. The van der Waals surface area contributed by atoms with Crippen molar-refractivity contribution in [1.29, 1.82) is 0 Å². The number of benzene rings is 8. The van der Waals surface area contributed by atoms with E-state index in [-0.39, 0.29) is 0 Å². The number of fused-ring (bicyclic) bond motifs is 6. The fourth-order valence-corrected chi connectivity index (χ4v) is 8.74. The first kappa shape index (κ1) is 35.4. The van der Waals surface area contributed by atoms with E-state index in [1.807, 2.05) is 97.1 Å². The maximum Gasteiger partial charge on any atom is 0.238 e. The van der Waals surface area contributed by atoms with E-state index >= 15 is 0 Å². The van der Waals surface area contributed by atoms with Gasteiger partial charge < -0.3 is 4.57 Å². The van der Waals surface area contributed by atoms with Gasteiger partial charge in [-0.05, 0) is 42.5 Å². The Labute approximate surface area is 356 Å². The second-order valence-corrected chi connectivity index (χ2v) is 15.3. The summed E-state index contributed by atoms with van der Waals surface area (Å²) in [5.41, 5.74) is 11.7. The van der Waals surface area contributed by atoms with Gasteiger partial charge in [-0.2, -0.15) is 9.97 Å². The lowest BCUT2D eigenvalue weighted by molar-refractivity contribution is 0.954. The third-order valence-electron chi connectivity index (χ3n) is 11.6. The van der Waals surface area contributed by atoms with Gasteiger partial charge in [0, 0.05) is 49.4 Å². The van der Waals surface area contributed by atoms with Crippen LogP contribution >= 0.6 is 0 Å². The van der Waals surface area contributed by atoms with Crippen molar-refractivity contribution in [3.63, 3.8) is 0 Å². The minimum absolute atomic E-state index is 0.557. The normalized spacial score (nSPS) is 11.5. The van der Waals surface area contributed by atoms with Crippen molar-refractivity contribution in [3.05, 3.63) is 212 Å². The molecule has 0 spiro atoms. The lowest BCUT2D eigenvalue weighted by atomic mass is 10.1. The molecule has 290 valence electrons. The molecule has 0 radical (unpaired) electrons. The molecule has 12 aromatic rings. The van der Waals surface area contributed by atoms with Crippen molar-refractivity contribution in [1.82, 2.24) is 34.1 Å². The molecule has 0 saturated carbocycles. The molecule has 0 unspecified atom stereocenters. The van der Waals surface area contributed by atoms with Gasteiger partial charge in [0.2, 0.25) is 5.95 Å². The van der Waals surface area contributed by atoms with E-state index < -0.39 is 0 Å². The first-order valence-corrected chi connectivity index (χ1v) is 20.7. The Bertz CT molecular complexity index is 3500. The van der Waals surface area contributed by atoms with E-state index in [2.05, 4.69) is 124 Å². The largest absolute Gasteiger partial charge is 0.308 e. The van der Waals surface area contributed by atoms with Crippen molar-refractivity contribution in [2.75, 3.05) is 0 Å². The molecule has 8 aromatic carbocycles. The van der Waals surface area contributed by atoms with Gasteiger partial charge in [-0.15, -0.1) is 0 Å². The molecular formula is C55H35N7. The smallest absolute Gasteiger partial charge is 0.238 e. The van der Waals surface area contributed by atoms with E-state index in [4.69, 9.17) is 24.9 Å². The molecule has 0 aliphatic rings. The number of hydrogen-bond donors (Lipinski definition) is 0. The molecule has 7 nitrogen and oxygen atoms in total. The zero-order valence-corrected chi connectivity index (χ0v) is 33.3. The SMILES string of the molecule is c1ccc(-c2cc(-c3ccccc3)nc(-c3ccccc3-n3c4ccccc4c4cc5c(cc43)c3ccccc3n5-c3nc(-c4ccccc4)nc(-c4ccccc4)n3)n2)cc1. The van der Waals surface area contributed by atoms with Crippen LogP contribution < -0.4 is 0 Å². The fourth-order valence-electron chi connectivity index (χ4n) is 8.74. The Balaban J connectivity index is 1.12. The molecule has 0 fully saturated rings. The van der Waals surface area contributed by atoms with Crippen LogP contribution in [0.3, 0.4) is 0 Å². The number of rotatable bonds is 7. The highest BCUT2D eigenvalue weighted by molar-refractivity contribution is 6.19. The number of nitrogens with zero attached hydrogens (tertiary/aromatic N) is 7. The van der Waals surface area contributed by atoms with Gasteiger partial charge in [-0.3, -0.25) is 4.57 Å². The van der Waals surface area contributed by atoms with Crippen LogP contribution in [0.4, 0.5) is 0 Å². The third kappa shape index (κ3) is 5.94. The standard InChI is InChI=1S/C55H35N7/c1-5-19-36(20-6-1)45-35-46(37-21-7-2-8-22-37)57-54(56-45)42-29-15-18-32-49(42)61-47-30-16-13-27-40(47)43-34-51-44(33-50(43)61)41-28-14-17-31-48(41)62(51)55-59-52(38-23-9-3-10-24-38)58-53(60-55)39-25-11-4-12-26-39/h1-35H. The second kappa shape index (κ2) is 14.6. The van der Waals surface area contributed by atoms with Crippen LogP contribution in [-0.4, -0.2) is 34.1 Å². The number of aromatic nitrogens is 7. The van der Waals surface area contributed by atoms with Crippen LogP contribution in [0.25, 0.3) is 112 Å². The molecular weight excluding hydrogens is 759 g/mol.